The Labute approximate surface area is 124 Å². The first-order valence-electron chi connectivity index (χ1n) is 6.83. The molecule has 0 radical (unpaired) electrons. The molecule has 0 amide bonds. The lowest BCUT2D eigenvalue weighted by atomic mass is 10.1. The number of Topliss-reactive ketones (excluding diaryl/α,β-unsaturated/α-hetero) is 1. The number of carbonyl (C=O) groups is 1. The number of nitrogens with zero attached hydrogens (tertiary/aromatic N) is 1. The zero-order valence-corrected chi connectivity index (χ0v) is 12.9. The van der Waals surface area contributed by atoms with Gasteiger partial charge in [-0.3, -0.25) is 4.79 Å². The van der Waals surface area contributed by atoms with E-state index in [0.717, 1.165) is 6.42 Å². The molecule has 7 heteroatoms. The molecule has 0 spiro atoms. The van der Waals surface area contributed by atoms with Gasteiger partial charge in [0.05, 0.1) is 17.0 Å². The van der Waals surface area contributed by atoms with E-state index in [1.807, 2.05) is 4.90 Å². The van der Waals surface area contributed by atoms with Crippen LogP contribution in [0.1, 0.15) is 30.1 Å². The quantitative estimate of drug-likeness (QED) is 0.837. The standard InChI is InChI=1S/C14H19FN2O3S/c1-10(18)14-12(15)6-3-7-13(14)17-8-4-5-11(17)9-21(19,20)16-2/h3,6-7,11,16H,4-5,8-9H2,1-2H3. The Morgan fingerprint density at radius 2 is 2.19 bits per heavy atom. The summed E-state index contributed by atoms with van der Waals surface area (Å²) in [5.41, 5.74) is 0.516. The molecule has 0 bridgehead atoms. The average Bonchev–Trinajstić information content (AvgIpc) is 2.85. The van der Waals surface area contributed by atoms with E-state index in [1.54, 1.807) is 12.1 Å². The third-order valence-electron chi connectivity index (χ3n) is 3.75. The zero-order chi connectivity index (χ0) is 15.6. The van der Waals surface area contributed by atoms with Crippen LogP contribution in [0.15, 0.2) is 18.2 Å². The van der Waals surface area contributed by atoms with Crippen LogP contribution in [0.5, 0.6) is 0 Å². The Balaban J connectivity index is 2.37. The second-order valence-electron chi connectivity index (χ2n) is 5.17. The summed E-state index contributed by atoms with van der Waals surface area (Å²) in [6.45, 7) is 1.94. The Morgan fingerprint density at radius 1 is 1.48 bits per heavy atom. The van der Waals surface area contributed by atoms with E-state index in [0.29, 0.717) is 18.7 Å². The Bertz CT molecular complexity index is 646. The van der Waals surface area contributed by atoms with Gasteiger partial charge in [0.15, 0.2) is 5.78 Å². The molecular formula is C14H19FN2O3S. The van der Waals surface area contributed by atoms with E-state index < -0.39 is 15.8 Å². The topological polar surface area (TPSA) is 66.5 Å². The van der Waals surface area contributed by atoms with Gasteiger partial charge in [-0.25, -0.2) is 17.5 Å². The molecule has 5 nitrogen and oxygen atoms in total. The summed E-state index contributed by atoms with van der Waals surface area (Å²) in [7, 11) is -1.98. The lowest BCUT2D eigenvalue weighted by Gasteiger charge is -2.28. The molecule has 0 aromatic heterocycles. The summed E-state index contributed by atoms with van der Waals surface area (Å²) < 4.78 is 39.7. The van der Waals surface area contributed by atoms with Gasteiger partial charge in [-0.2, -0.15) is 0 Å². The van der Waals surface area contributed by atoms with Crippen molar-refractivity contribution in [2.45, 2.75) is 25.8 Å². The van der Waals surface area contributed by atoms with Gasteiger partial charge in [0.25, 0.3) is 0 Å². The average molecular weight is 314 g/mol. The first-order chi connectivity index (χ1) is 9.85. The van der Waals surface area contributed by atoms with Crippen LogP contribution in [0.25, 0.3) is 0 Å². The summed E-state index contributed by atoms with van der Waals surface area (Å²) in [6, 6.07) is 4.21. The minimum Gasteiger partial charge on any atom is -0.367 e. The second kappa shape index (κ2) is 6.11. The Morgan fingerprint density at radius 3 is 2.81 bits per heavy atom. The number of rotatable bonds is 5. The molecule has 1 fully saturated rings. The monoisotopic (exact) mass is 314 g/mol. The van der Waals surface area contributed by atoms with Crippen molar-refractivity contribution >= 4 is 21.5 Å². The van der Waals surface area contributed by atoms with Crippen LogP contribution in [-0.2, 0) is 10.0 Å². The molecule has 0 aliphatic carbocycles. The Hall–Kier alpha value is -1.47. The molecule has 2 rings (SSSR count). The van der Waals surface area contributed by atoms with Crippen molar-refractivity contribution in [3.05, 3.63) is 29.6 Å². The molecule has 1 aliphatic heterocycles. The highest BCUT2D eigenvalue weighted by Gasteiger charge is 2.31. The zero-order valence-electron chi connectivity index (χ0n) is 12.1. The highest BCUT2D eigenvalue weighted by molar-refractivity contribution is 7.89. The lowest BCUT2D eigenvalue weighted by molar-refractivity contribution is 0.101. The van der Waals surface area contributed by atoms with Crippen molar-refractivity contribution in [3.63, 3.8) is 0 Å². The molecule has 21 heavy (non-hydrogen) atoms. The van der Waals surface area contributed by atoms with Crippen molar-refractivity contribution in [2.24, 2.45) is 0 Å². The van der Waals surface area contributed by atoms with Crippen molar-refractivity contribution in [3.8, 4) is 0 Å². The second-order valence-corrected chi connectivity index (χ2v) is 7.14. The normalized spacial score (nSPS) is 19.0. The molecule has 1 unspecified atom stereocenters. The number of halogens is 1. The van der Waals surface area contributed by atoms with Gasteiger partial charge >= 0.3 is 0 Å². The fraction of sp³-hybridized carbons (Fsp3) is 0.500. The molecule has 1 N–H and O–H groups in total. The number of benzene rings is 1. The highest BCUT2D eigenvalue weighted by atomic mass is 32.2. The van der Waals surface area contributed by atoms with Crippen LogP contribution in [0, 0.1) is 5.82 Å². The predicted octanol–water partition coefficient (Wildman–Crippen LogP) is 1.55. The number of nitrogens with one attached hydrogen (secondary N) is 1. The SMILES string of the molecule is CNS(=O)(=O)CC1CCCN1c1cccc(F)c1C(C)=O. The van der Waals surface area contributed by atoms with Crippen LogP contribution in [0.3, 0.4) is 0 Å². The van der Waals surface area contributed by atoms with Gasteiger partial charge in [-0.1, -0.05) is 6.07 Å². The molecule has 1 aromatic carbocycles. The first kappa shape index (κ1) is 15.9. The minimum atomic E-state index is -3.36. The van der Waals surface area contributed by atoms with Crippen molar-refractivity contribution in [1.82, 2.24) is 4.72 Å². The Kier molecular flexibility index (Phi) is 4.63. The maximum absolute atomic E-state index is 13.9. The molecule has 1 aromatic rings. The number of sulfonamides is 1. The van der Waals surface area contributed by atoms with Crippen LogP contribution in [-0.4, -0.2) is 39.6 Å². The van der Waals surface area contributed by atoms with Gasteiger partial charge in [-0.15, -0.1) is 0 Å². The first-order valence-corrected chi connectivity index (χ1v) is 8.48. The third kappa shape index (κ3) is 3.41. The lowest BCUT2D eigenvalue weighted by Crippen LogP contribution is -2.39. The van der Waals surface area contributed by atoms with Crippen LogP contribution in [0.4, 0.5) is 10.1 Å². The van der Waals surface area contributed by atoms with E-state index in [2.05, 4.69) is 4.72 Å². The fourth-order valence-corrected chi connectivity index (χ4v) is 3.78. The molecule has 1 atom stereocenters. The summed E-state index contributed by atoms with van der Waals surface area (Å²) in [5, 5.41) is 0. The van der Waals surface area contributed by atoms with Gasteiger partial charge < -0.3 is 4.90 Å². The van der Waals surface area contributed by atoms with E-state index in [4.69, 9.17) is 0 Å². The minimum absolute atomic E-state index is 0.0336. The van der Waals surface area contributed by atoms with E-state index >= 15 is 0 Å². The number of anilines is 1. The molecule has 1 saturated heterocycles. The number of hydrogen-bond acceptors (Lipinski definition) is 4. The number of ketones is 1. The van der Waals surface area contributed by atoms with Crippen molar-refractivity contribution in [1.29, 1.82) is 0 Å². The van der Waals surface area contributed by atoms with Crippen molar-refractivity contribution in [2.75, 3.05) is 24.2 Å². The van der Waals surface area contributed by atoms with Gasteiger partial charge in [-0.05, 0) is 38.9 Å². The molecule has 1 aliphatic rings. The fourth-order valence-electron chi connectivity index (χ4n) is 2.76. The van der Waals surface area contributed by atoms with E-state index in [-0.39, 0.29) is 23.1 Å². The van der Waals surface area contributed by atoms with Gasteiger partial charge in [0, 0.05) is 12.6 Å². The van der Waals surface area contributed by atoms with Crippen LogP contribution in [0.2, 0.25) is 0 Å². The molecule has 0 saturated carbocycles. The summed E-state index contributed by atoms with van der Waals surface area (Å²) >= 11 is 0. The largest absolute Gasteiger partial charge is 0.367 e. The number of carbonyl (C=O) groups excluding carboxylic acids is 1. The maximum atomic E-state index is 13.9. The summed E-state index contributed by atoms with van der Waals surface area (Å²) in [4.78, 5) is 13.5. The van der Waals surface area contributed by atoms with Crippen molar-refractivity contribution < 1.29 is 17.6 Å². The van der Waals surface area contributed by atoms with Gasteiger partial charge in [0.1, 0.15) is 5.82 Å². The molecule has 116 valence electrons. The van der Waals surface area contributed by atoms with Crippen LogP contribution >= 0.6 is 0 Å². The summed E-state index contributed by atoms with van der Waals surface area (Å²) in [6.07, 6.45) is 1.52. The van der Waals surface area contributed by atoms with Gasteiger partial charge in [0.2, 0.25) is 10.0 Å². The smallest absolute Gasteiger partial charge is 0.213 e. The molecule has 1 heterocycles. The maximum Gasteiger partial charge on any atom is 0.213 e. The highest BCUT2D eigenvalue weighted by Crippen LogP contribution is 2.31. The predicted molar refractivity (Wildman–Crippen MR) is 79.6 cm³/mol. The van der Waals surface area contributed by atoms with Crippen LogP contribution < -0.4 is 9.62 Å². The molecular weight excluding hydrogens is 295 g/mol. The third-order valence-corrected chi connectivity index (χ3v) is 5.20. The number of hydrogen-bond donors (Lipinski definition) is 1. The summed E-state index contributed by atoms with van der Waals surface area (Å²) in [5.74, 6) is -0.982. The van der Waals surface area contributed by atoms with E-state index in [9.17, 15) is 17.6 Å². The van der Waals surface area contributed by atoms with E-state index in [1.165, 1.54) is 20.0 Å².